The van der Waals surface area contributed by atoms with Crippen molar-refractivity contribution >= 4 is 17.7 Å². The fraction of sp³-hybridized carbons (Fsp3) is 0.609. The minimum Gasteiger partial charge on any atom is -0.496 e. The Morgan fingerprint density at radius 1 is 1.10 bits per heavy atom. The van der Waals surface area contributed by atoms with E-state index in [1.165, 1.54) is 12.8 Å². The van der Waals surface area contributed by atoms with E-state index in [1.54, 1.807) is 35.1 Å². The standard InChI is InChI=1S/C23H31N3O4/c1-30-20-11-10-16(22(28)24-18-7-4-2-3-5-8-18)13-17(20)14-25-15-21(27)26-12-6-9-19(26)23(25)29/h10-11,13,18-19H,2-9,12,14-15H2,1H3,(H,24,28). The Bertz CT molecular complexity index is 817. The van der Waals surface area contributed by atoms with Gasteiger partial charge in [-0.05, 0) is 43.9 Å². The Balaban J connectivity index is 1.49. The molecule has 162 valence electrons. The number of ether oxygens (including phenoxy) is 1. The largest absolute Gasteiger partial charge is 0.496 e. The van der Waals surface area contributed by atoms with Gasteiger partial charge >= 0.3 is 0 Å². The van der Waals surface area contributed by atoms with Gasteiger partial charge in [0.05, 0.1) is 7.11 Å². The van der Waals surface area contributed by atoms with Crippen LogP contribution in [0.2, 0.25) is 0 Å². The Kier molecular flexibility index (Phi) is 6.25. The highest BCUT2D eigenvalue weighted by Crippen LogP contribution is 2.28. The highest BCUT2D eigenvalue weighted by molar-refractivity contribution is 5.96. The van der Waals surface area contributed by atoms with Crippen LogP contribution < -0.4 is 10.1 Å². The van der Waals surface area contributed by atoms with Gasteiger partial charge in [-0.2, -0.15) is 0 Å². The van der Waals surface area contributed by atoms with Crippen molar-refractivity contribution in [3.63, 3.8) is 0 Å². The summed E-state index contributed by atoms with van der Waals surface area (Å²) in [6.07, 6.45) is 8.43. The zero-order chi connectivity index (χ0) is 21.1. The summed E-state index contributed by atoms with van der Waals surface area (Å²) in [6.45, 7) is 1.02. The highest BCUT2D eigenvalue weighted by Gasteiger charge is 2.42. The molecule has 0 aromatic heterocycles. The van der Waals surface area contributed by atoms with Crippen molar-refractivity contribution in [3.05, 3.63) is 29.3 Å². The third-order valence-electron chi connectivity index (χ3n) is 6.59. The number of hydrogen-bond donors (Lipinski definition) is 1. The van der Waals surface area contributed by atoms with Gasteiger partial charge in [0, 0.05) is 30.3 Å². The molecule has 30 heavy (non-hydrogen) atoms. The van der Waals surface area contributed by atoms with E-state index < -0.39 is 0 Å². The molecule has 0 bridgehead atoms. The molecule has 1 unspecified atom stereocenters. The molecule has 1 saturated carbocycles. The number of rotatable bonds is 5. The normalized spacial score (nSPS) is 22.6. The van der Waals surface area contributed by atoms with Crippen LogP contribution in [0.1, 0.15) is 67.3 Å². The van der Waals surface area contributed by atoms with Crippen molar-refractivity contribution in [2.24, 2.45) is 0 Å². The zero-order valence-electron chi connectivity index (χ0n) is 17.7. The fourth-order valence-corrected chi connectivity index (χ4v) is 4.94. The van der Waals surface area contributed by atoms with Crippen LogP contribution in [-0.4, -0.2) is 59.8 Å². The quantitative estimate of drug-likeness (QED) is 0.753. The van der Waals surface area contributed by atoms with Crippen molar-refractivity contribution < 1.29 is 19.1 Å². The lowest BCUT2D eigenvalue weighted by molar-refractivity contribution is -0.154. The van der Waals surface area contributed by atoms with Crippen LogP contribution in [0.4, 0.5) is 0 Å². The van der Waals surface area contributed by atoms with Gasteiger partial charge in [-0.1, -0.05) is 25.7 Å². The Morgan fingerprint density at radius 2 is 1.87 bits per heavy atom. The van der Waals surface area contributed by atoms with E-state index in [0.717, 1.165) is 44.1 Å². The van der Waals surface area contributed by atoms with Crippen LogP contribution in [0.3, 0.4) is 0 Å². The van der Waals surface area contributed by atoms with Gasteiger partial charge in [-0.25, -0.2) is 0 Å². The topological polar surface area (TPSA) is 79.0 Å². The van der Waals surface area contributed by atoms with Crippen molar-refractivity contribution in [1.82, 2.24) is 15.1 Å². The van der Waals surface area contributed by atoms with Gasteiger partial charge in [0.25, 0.3) is 5.91 Å². The second-order valence-electron chi connectivity index (χ2n) is 8.63. The predicted molar refractivity (Wildman–Crippen MR) is 112 cm³/mol. The number of piperazine rings is 1. The van der Waals surface area contributed by atoms with E-state index in [4.69, 9.17) is 4.74 Å². The molecule has 2 heterocycles. The lowest BCUT2D eigenvalue weighted by Crippen LogP contribution is -2.56. The number of carbonyl (C=O) groups is 3. The molecule has 1 aromatic carbocycles. The van der Waals surface area contributed by atoms with Gasteiger partial charge in [-0.15, -0.1) is 0 Å². The van der Waals surface area contributed by atoms with Crippen LogP contribution >= 0.6 is 0 Å². The minimum atomic E-state index is -0.334. The predicted octanol–water partition coefficient (Wildman–Crippen LogP) is 2.48. The first-order chi connectivity index (χ1) is 14.6. The SMILES string of the molecule is COc1ccc(C(=O)NC2CCCCCC2)cc1CN1CC(=O)N2CCCC2C1=O. The Hall–Kier alpha value is -2.57. The van der Waals surface area contributed by atoms with E-state index in [9.17, 15) is 14.4 Å². The third kappa shape index (κ3) is 4.30. The summed E-state index contributed by atoms with van der Waals surface area (Å²) in [5, 5.41) is 3.17. The summed E-state index contributed by atoms with van der Waals surface area (Å²) in [6, 6.07) is 5.22. The van der Waals surface area contributed by atoms with Crippen LogP contribution in [-0.2, 0) is 16.1 Å². The van der Waals surface area contributed by atoms with Gasteiger partial charge in [0.1, 0.15) is 18.3 Å². The van der Waals surface area contributed by atoms with Gasteiger partial charge in [-0.3, -0.25) is 14.4 Å². The summed E-state index contributed by atoms with van der Waals surface area (Å²) >= 11 is 0. The molecule has 3 amide bonds. The van der Waals surface area contributed by atoms with Crippen LogP contribution in [0, 0.1) is 0 Å². The van der Waals surface area contributed by atoms with E-state index in [2.05, 4.69) is 5.32 Å². The molecule has 2 aliphatic heterocycles. The van der Waals surface area contributed by atoms with E-state index in [1.807, 2.05) is 0 Å². The number of benzene rings is 1. The molecule has 3 fully saturated rings. The average Bonchev–Trinajstić information content (AvgIpc) is 3.11. The molecule has 4 rings (SSSR count). The molecular formula is C23H31N3O4. The number of carbonyl (C=O) groups excluding carboxylic acids is 3. The van der Waals surface area contributed by atoms with Crippen molar-refractivity contribution in [3.8, 4) is 5.75 Å². The molecule has 1 N–H and O–H groups in total. The summed E-state index contributed by atoms with van der Waals surface area (Å²) in [4.78, 5) is 41.5. The summed E-state index contributed by atoms with van der Waals surface area (Å²) in [7, 11) is 1.58. The van der Waals surface area contributed by atoms with Crippen molar-refractivity contribution in [2.75, 3.05) is 20.2 Å². The van der Waals surface area contributed by atoms with Gasteiger partial charge < -0.3 is 19.9 Å². The molecule has 7 heteroatoms. The average molecular weight is 414 g/mol. The van der Waals surface area contributed by atoms with Crippen LogP contribution in [0.15, 0.2) is 18.2 Å². The molecule has 1 aromatic rings. The lowest BCUT2D eigenvalue weighted by Gasteiger charge is -2.36. The molecule has 0 spiro atoms. The smallest absolute Gasteiger partial charge is 0.251 e. The highest BCUT2D eigenvalue weighted by atomic mass is 16.5. The number of nitrogens with zero attached hydrogens (tertiary/aromatic N) is 2. The maximum absolute atomic E-state index is 12.9. The fourth-order valence-electron chi connectivity index (χ4n) is 4.94. The molecule has 0 radical (unpaired) electrons. The van der Waals surface area contributed by atoms with Gasteiger partial charge in [0.2, 0.25) is 11.8 Å². The minimum absolute atomic E-state index is 0.00155. The number of methoxy groups -OCH3 is 1. The van der Waals surface area contributed by atoms with E-state index in [0.29, 0.717) is 17.9 Å². The Morgan fingerprint density at radius 3 is 2.60 bits per heavy atom. The second-order valence-corrected chi connectivity index (χ2v) is 8.63. The monoisotopic (exact) mass is 413 g/mol. The first-order valence-electron chi connectivity index (χ1n) is 11.1. The van der Waals surface area contributed by atoms with Crippen LogP contribution in [0.25, 0.3) is 0 Å². The molecule has 1 atom stereocenters. The number of nitrogens with one attached hydrogen (secondary N) is 1. The number of hydrogen-bond acceptors (Lipinski definition) is 4. The third-order valence-corrected chi connectivity index (χ3v) is 6.59. The van der Waals surface area contributed by atoms with E-state index >= 15 is 0 Å². The van der Waals surface area contributed by atoms with Crippen LogP contribution in [0.5, 0.6) is 5.75 Å². The Labute approximate surface area is 177 Å². The van der Waals surface area contributed by atoms with Crippen molar-refractivity contribution in [2.45, 2.75) is 70.0 Å². The summed E-state index contributed by atoms with van der Waals surface area (Å²) < 4.78 is 5.47. The molecule has 2 saturated heterocycles. The first kappa shape index (κ1) is 20.7. The number of fused-ring (bicyclic) bond motifs is 1. The summed E-state index contributed by atoms with van der Waals surface area (Å²) in [5.41, 5.74) is 1.31. The number of amides is 3. The maximum Gasteiger partial charge on any atom is 0.251 e. The molecule has 1 aliphatic carbocycles. The zero-order valence-corrected chi connectivity index (χ0v) is 17.7. The van der Waals surface area contributed by atoms with Gasteiger partial charge in [0.15, 0.2) is 0 Å². The van der Waals surface area contributed by atoms with E-state index in [-0.39, 0.29) is 42.9 Å². The first-order valence-corrected chi connectivity index (χ1v) is 11.1. The molecular weight excluding hydrogens is 382 g/mol. The van der Waals surface area contributed by atoms with Crippen molar-refractivity contribution in [1.29, 1.82) is 0 Å². The maximum atomic E-state index is 12.9. The second kappa shape index (κ2) is 9.06. The molecule has 3 aliphatic rings. The summed E-state index contributed by atoms with van der Waals surface area (Å²) in [5.74, 6) is 0.518. The lowest BCUT2D eigenvalue weighted by atomic mass is 10.0. The molecule has 7 nitrogen and oxygen atoms in total.